The van der Waals surface area contributed by atoms with Gasteiger partial charge < -0.3 is 10.2 Å². The van der Waals surface area contributed by atoms with Crippen molar-refractivity contribution >= 4 is 51.5 Å². The van der Waals surface area contributed by atoms with Crippen LogP contribution in [0.1, 0.15) is 5.56 Å². The third-order valence-corrected chi connectivity index (χ3v) is 8.29. The highest BCUT2D eigenvalue weighted by molar-refractivity contribution is 7.00. The number of fused-ring (bicyclic) bond motifs is 4. The van der Waals surface area contributed by atoms with E-state index < -0.39 is 0 Å². The lowest BCUT2D eigenvalue weighted by Crippen LogP contribution is -2.60. The number of benzene rings is 5. The van der Waals surface area contributed by atoms with E-state index in [0.29, 0.717) is 0 Å². The Bertz CT molecular complexity index is 1900. The Morgan fingerprint density at radius 3 is 2.27 bits per heavy atom. The number of hydrogen-bond donors (Lipinski definition) is 1. The highest BCUT2D eigenvalue weighted by atomic mass is 15.2. The van der Waals surface area contributed by atoms with Crippen LogP contribution in [0.2, 0.25) is 0 Å². The smallest absolute Gasteiger partial charge is 0.252 e. The van der Waals surface area contributed by atoms with Crippen LogP contribution in [0, 0.1) is 6.92 Å². The maximum Gasteiger partial charge on any atom is 0.252 e. The van der Waals surface area contributed by atoms with Crippen molar-refractivity contribution < 1.29 is 0 Å². The summed E-state index contributed by atoms with van der Waals surface area (Å²) < 4.78 is 0. The minimum atomic E-state index is 0.115. The number of pyridine rings is 1. The molecule has 5 aromatic carbocycles. The summed E-state index contributed by atoms with van der Waals surface area (Å²) in [4.78, 5) is 6.86. The van der Waals surface area contributed by atoms with Gasteiger partial charge in [0.2, 0.25) is 0 Å². The maximum absolute atomic E-state index is 4.44. The summed E-state index contributed by atoms with van der Waals surface area (Å²) in [6.07, 6.45) is 3.78. The second-order valence-corrected chi connectivity index (χ2v) is 10.6. The molecule has 0 spiro atoms. The van der Waals surface area contributed by atoms with Crippen molar-refractivity contribution in [1.29, 1.82) is 0 Å². The fourth-order valence-electron chi connectivity index (χ4n) is 6.51. The molecule has 0 fully saturated rings. The summed E-state index contributed by atoms with van der Waals surface area (Å²) in [6.45, 7) is 2.31. The quantitative estimate of drug-likeness (QED) is 0.257. The molecule has 0 aliphatic carbocycles. The third kappa shape index (κ3) is 3.43. The average molecular weight is 511 g/mol. The van der Waals surface area contributed by atoms with Gasteiger partial charge in [-0.15, -0.1) is 0 Å². The number of rotatable bonds is 3. The topological polar surface area (TPSA) is 28.2 Å². The lowest BCUT2D eigenvalue weighted by Gasteiger charge is -2.41. The van der Waals surface area contributed by atoms with Gasteiger partial charge in [0, 0.05) is 52.0 Å². The van der Waals surface area contributed by atoms with Crippen molar-refractivity contribution in [2.75, 3.05) is 10.2 Å². The molecule has 1 aromatic heterocycles. The average Bonchev–Trinajstić information content (AvgIpc) is 3.01. The summed E-state index contributed by atoms with van der Waals surface area (Å²) in [6, 6.07) is 43.8. The molecule has 1 N–H and O–H groups in total. The Morgan fingerprint density at radius 1 is 0.650 bits per heavy atom. The number of aryl methyl sites for hydroxylation is 1. The first-order valence-electron chi connectivity index (χ1n) is 13.8. The minimum Gasteiger partial charge on any atom is -0.356 e. The molecule has 0 saturated heterocycles. The van der Waals surface area contributed by atoms with E-state index in [1.165, 1.54) is 50.1 Å². The van der Waals surface area contributed by atoms with E-state index in [1.54, 1.807) is 0 Å². The molecule has 0 atom stereocenters. The van der Waals surface area contributed by atoms with Crippen LogP contribution in [0.15, 0.2) is 134 Å². The summed E-state index contributed by atoms with van der Waals surface area (Å²) in [5.74, 6) is 0. The van der Waals surface area contributed by atoms with E-state index in [2.05, 4.69) is 137 Å². The van der Waals surface area contributed by atoms with Gasteiger partial charge in [-0.25, -0.2) is 0 Å². The van der Waals surface area contributed by atoms with E-state index in [9.17, 15) is 0 Å². The zero-order chi connectivity index (χ0) is 26.6. The predicted molar refractivity (Wildman–Crippen MR) is 169 cm³/mol. The Labute approximate surface area is 234 Å². The van der Waals surface area contributed by atoms with Crippen molar-refractivity contribution in [2.24, 2.45) is 0 Å². The van der Waals surface area contributed by atoms with Gasteiger partial charge in [0.05, 0.1) is 0 Å². The van der Waals surface area contributed by atoms with Gasteiger partial charge in [-0.3, -0.25) is 4.98 Å². The molecule has 2 aliphatic rings. The lowest BCUT2D eigenvalue weighted by atomic mass is 9.33. The molecule has 0 saturated carbocycles. The molecule has 0 bridgehead atoms. The van der Waals surface area contributed by atoms with Gasteiger partial charge in [0.1, 0.15) is 0 Å². The number of aromatic nitrogens is 1. The lowest BCUT2D eigenvalue weighted by molar-refractivity contribution is 1.29. The van der Waals surface area contributed by atoms with Crippen LogP contribution < -0.4 is 26.6 Å². The highest BCUT2D eigenvalue weighted by Gasteiger charge is 2.41. The summed E-state index contributed by atoms with van der Waals surface area (Å²) in [5, 5.41) is 3.94. The number of anilines is 5. The Kier molecular flexibility index (Phi) is 5.14. The van der Waals surface area contributed by atoms with Crippen LogP contribution in [-0.2, 0) is 0 Å². The number of hydrogen-bond acceptors (Lipinski definition) is 3. The van der Waals surface area contributed by atoms with Crippen molar-refractivity contribution in [3.8, 4) is 22.3 Å². The summed E-state index contributed by atoms with van der Waals surface area (Å²) in [5.41, 5.74) is 15.8. The van der Waals surface area contributed by atoms with E-state index in [-0.39, 0.29) is 6.71 Å². The molecule has 40 heavy (non-hydrogen) atoms. The minimum absolute atomic E-state index is 0.115. The number of para-hydroxylation sites is 3. The fourth-order valence-corrected chi connectivity index (χ4v) is 6.51. The number of nitrogens with zero attached hydrogens (tertiary/aromatic N) is 2. The molecule has 3 heterocycles. The van der Waals surface area contributed by atoms with E-state index in [1.807, 2.05) is 18.5 Å². The van der Waals surface area contributed by atoms with E-state index >= 15 is 0 Å². The first kappa shape index (κ1) is 22.9. The van der Waals surface area contributed by atoms with E-state index in [4.69, 9.17) is 0 Å². The Balaban J connectivity index is 1.45. The second-order valence-electron chi connectivity index (χ2n) is 10.6. The van der Waals surface area contributed by atoms with Gasteiger partial charge in [0.25, 0.3) is 6.71 Å². The molecule has 6 aromatic rings. The van der Waals surface area contributed by atoms with Gasteiger partial charge in [-0.1, -0.05) is 84.9 Å². The second kappa shape index (κ2) is 8.99. The standard InChI is InChI=1S/C36H26BN3/c1-24-11-5-6-15-28(24)29-16-9-18-31-36(29)39-32-21-26(25-12-10-20-38-23-25)22-34-35(32)37(31)30-17-7-8-19-33(30)40(34)27-13-3-2-4-14-27/h2-23,39H,1H3. The molecular formula is C36H26BN3. The fraction of sp³-hybridized carbons (Fsp3) is 0.0278. The Morgan fingerprint density at radius 2 is 1.43 bits per heavy atom. The maximum atomic E-state index is 4.44. The zero-order valence-corrected chi connectivity index (χ0v) is 22.2. The molecule has 4 heteroatoms. The van der Waals surface area contributed by atoms with Gasteiger partial charge >= 0.3 is 0 Å². The first-order valence-corrected chi connectivity index (χ1v) is 13.8. The van der Waals surface area contributed by atoms with Crippen LogP contribution in [0.5, 0.6) is 0 Å². The van der Waals surface area contributed by atoms with Crippen molar-refractivity contribution in [2.45, 2.75) is 6.92 Å². The van der Waals surface area contributed by atoms with E-state index in [0.717, 1.165) is 22.5 Å². The van der Waals surface area contributed by atoms with Crippen LogP contribution in [0.3, 0.4) is 0 Å². The third-order valence-electron chi connectivity index (χ3n) is 8.29. The Hall–Kier alpha value is -5.09. The van der Waals surface area contributed by atoms with Gasteiger partial charge in [-0.2, -0.15) is 0 Å². The molecular weight excluding hydrogens is 485 g/mol. The van der Waals surface area contributed by atoms with Crippen molar-refractivity contribution in [3.63, 3.8) is 0 Å². The van der Waals surface area contributed by atoms with Crippen molar-refractivity contribution in [1.82, 2.24) is 4.98 Å². The van der Waals surface area contributed by atoms with Gasteiger partial charge in [0.15, 0.2) is 0 Å². The molecule has 0 unspecified atom stereocenters. The normalized spacial score (nSPS) is 12.7. The SMILES string of the molecule is Cc1ccccc1-c1cccc2c1Nc1cc(-c3cccnc3)cc3c1B2c1ccccc1N3c1ccccc1. The molecule has 188 valence electrons. The number of nitrogens with one attached hydrogen (secondary N) is 1. The van der Waals surface area contributed by atoms with Crippen molar-refractivity contribution in [3.05, 3.63) is 139 Å². The summed E-state index contributed by atoms with van der Waals surface area (Å²) in [7, 11) is 0. The van der Waals surface area contributed by atoms with Crippen LogP contribution in [0.25, 0.3) is 22.3 Å². The predicted octanol–water partition coefficient (Wildman–Crippen LogP) is 7.08. The molecule has 0 amide bonds. The van der Waals surface area contributed by atoms with Gasteiger partial charge in [-0.05, 0) is 76.4 Å². The van der Waals surface area contributed by atoms with Crippen LogP contribution >= 0.6 is 0 Å². The highest BCUT2D eigenvalue weighted by Crippen LogP contribution is 2.43. The van der Waals surface area contributed by atoms with Crippen LogP contribution in [0.4, 0.5) is 28.4 Å². The first-order chi connectivity index (χ1) is 19.8. The van der Waals surface area contributed by atoms with Crippen LogP contribution in [-0.4, -0.2) is 11.7 Å². The summed E-state index contributed by atoms with van der Waals surface area (Å²) >= 11 is 0. The molecule has 2 aliphatic heterocycles. The molecule has 8 rings (SSSR count). The largest absolute Gasteiger partial charge is 0.356 e. The zero-order valence-electron chi connectivity index (χ0n) is 22.2. The molecule has 3 nitrogen and oxygen atoms in total. The monoisotopic (exact) mass is 511 g/mol. The molecule has 0 radical (unpaired) electrons.